The number of hydrogen-bond donors (Lipinski definition) is 1. The van der Waals surface area contributed by atoms with Gasteiger partial charge in [-0.3, -0.25) is 4.79 Å². The molecule has 3 aromatic rings. The van der Waals surface area contributed by atoms with E-state index in [2.05, 4.69) is 0 Å². The summed E-state index contributed by atoms with van der Waals surface area (Å²) >= 11 is 0. The van der Waals surface area contributed by atoms with Crippen LogP contribution < -0.4 is 10.4 Å². The first-order valence-corrected chi connectivity index (χ1v) is 6.62. The Morgan fingerprint density at radius 2 is 1.73 bits per heavy atom. The molecule has 0 bridgehead atoms. The third kappa shape index (κ3) is 2.56. The maximum absolute atomic E-state index is 12.2. The Balaban J connectivity index is 1.92. The van der Waals surface area contributed by atoms with Crippen LogP contribution in [0.5, 0.6) is 11.5 Å². The molecule has 0 saturated heterocycles. The third-order valence-corrected chi connectivity index (χ3v) is 3.18. The van der Waals surface area contributed by atoms with Crippen LogP contribution in [0.3, 0.4) is 0 Å². The molecule has 1 heterocycles. The summed E-state index contributed by atoms with van der Waals surface area (Å²) in [6, 6.07) is 15.2. The number of para-hydroxylation sites is 2. The molecule has 0 saturated carbocycles. The summed E-state index contributed by atoms with van der Waals surface area (Å²) in [5.41, 5.74) is -1.04. The molecule has 0 amide bonds. The Hall–Kier alpha value is -3.08. The van der Waals surface area contributed by atoms with Gasteiger partial charge in [-0.15, -0.1) is 0 Å². The van der Waals surface area contributed by atoms with E-state index in [1.165, 1.54) is 0 Å². The fraction of sp³-hybridized carbons (Fsp3) is 0.0588. The average Bonchev–Trinajstić information content (AvgIpc) is 2.54. The second-order valence-electron chi connectivity index (χ2n) is 4.63. The smallest absolute Gasteiger partial charge is 0.351 e. The van der Waals surface area contributed by atoms with Crippen LogP contribution in [0.15, 0.2) is 63.8 Å². The SMILES string of the molecule is O=C(COc1ccccc1)c1c(O)c2ccccc2oc1=O. The largest absolute Gasteiger partial charge is 0.506 e. The number of carbonyl (C=O) groups excluding carboxylic acids is 1. The number of hydrogen-bond acceptors (Lipinski definition) is 5. The van der Waals surface area contributed by atoms with E-state index in [4.69, 9.17) is 9.15 Å². The highest BCUT2D eigenvalue weighted by atomic mass is 16.5. The standard InChI is InChI=1S/C17H12O5/c18-13(10-21-11-6-2-1-3-7-11)15-16(19)12-8-4-5-9-14(12)22-17(15)20/h1-9,19H,10H2. The zero-order chi connectivity index (χ0) is 15.5. The zero-order valence-corrected chi connectivity index (χ0v) is 11.5. The Morgan fingerprint density at radius 3 is 2.50 bits per heavy atom. The third-order valence-electron chi connectivity index (χ3n) is 3.18. The Labute approximate surface area is 125 Å². The Morgan fingerprint density at radius 1 is 1.05 bits per heavy atom. The zero-order valence-electron chi connectivity index (χ0n) is 11.5. The van der Waals surface area contributed by atoms with E-state index in [1.807, 2.05) is 6.07 Å². The molecule has 0 aliphatic heterocycles. The summed E-state index contributed by atoms with van der Waals surface area (Å²) < 4.78 is 10.4. The van der Waals surface area contributed by atoms with E-state index >= 15 is 0 Å². The van der Waals surface area contributed by atoms with Crippen molar-refractivity contribution in [1.29, 1.82) is 0 Å². The lowest BCUT2D eigenvalue weighted by Crippen LogP contribution is -2.20. The van der Waals surface area contributed by atoms with Crippen molar-refractivity contribution in [2.24, 2.45) is 0 Å². The number of Topliss-reactive ketones (excluding diaryl/α,β-unsaturated/α-hetero) is 1. The van der Waals surface area contributed by atoms with Gasteiger partial charge in [0, 0.05) is 0 Å². The van der Waals surface area contributed by atoms with Crippen LogP contribution in [0.1, 0.15) is 10.4 Å². The van der Waals surface area contributed by atoms with E-state index in [0.29, 0.717) is 11.1 Å². The molecule has 110 valence electrons. The molecular formula is C17H12O5. The minimum absolute atomic E-state index is 0.227. The molecule has 0 aliphatic carbocycles. The van der Waals surface area contributed by atoms with Gasteiger partial charge in [-0.25, -0.2) is 4.79 Å². The van der Waals surface area contributed by atoms with Crippen molar-refractivity contribution in [2.75, 3.05) is 6.61 Å². The van der Waals surface area contributed by atoms with Gasteiger partial charge in [-0.05, 0) is 24.3 Å². The van der Waals surface area contributed by atoms with Gasteiger partial charge in [0.2, 0.25) is 5.78 Å². The highest BCUT2D eigenvalue weighted by Crippen LogP contribution is 2.26. The van der Waals surface area contributed by atoms with Gasteiger partial charge in [0.05, 0.1) is 5.39 Å². The molecule has 0 atom stereocenters. The van der Waals surface area contributed by atoms with Gasteiger partial charge in [0.15, 0.2) is 6.61 Å². The molecule has 0 fully saturated rings. The maximum atomic E-state index is 12.2. The fourth-order valence-corrected chi connectivity index (χ4v) is 2.12. The van der Waals surface area contributed by atoms with Crippen LogP contribution in [0.25, 0.3) is 11.0 Å². The highest BCUT2D eigenvalue weighted by Gasteiger charge is 2.21. The molecule has 0 unspecified atom stereocenters. The van der Waals surface area contributed by atoms with E-state index < -0.39 is 17.0 Å². The van der Waals surface area contributed by atoms with Crippen LogP contribution >= 0.6 is 0 Å². The van der Waals surface area contributed by atoms with Crippen LogP contribution in [0, 0.1) is 0 Å². The van der Waals surface area contributed by atoms with E-state index in [9.17, 15) is 14.7 Å². The second-order valence-corrected chi connectivity index (χ2v) is 4.63. The van der Waals surface area contributed by atoms with Crippen LogP contribution in [-0.4, -0.2) is 17.5 Å². The van der Waals surface area contributed by atoms with Crippen LogP contribution in [-0.2, 0) is 0 Å². The van der Waals surface area contributed by atoms with Crippen molar-refractivity contribution in [3.8, 4) is 11.5 Å². The van der Waals surface area contributed by atoms with E-state index in [1.54, 1.807) is 48.5 Å². The monoisotopic (exact) mass is 296 g/mol. The van der Waals surface area contributed by atoms with Crippen molar-refractivity contribution >= 4 is 16.8 Å². The van der Waals surface area contributed by atoms with Gasteiger partial charge < -0.3 is 14.3 Å². The lowest BCUT2D eigenvalue weighted by Gasteiger charge is -2.07. The number of ether oxygens (including phenoxy) is 1. The van der Waals surface area contributed by atoms with Crippen molar-refractivity contribution in [1.82, 2.24) is 0 Å². The minimum atomic E-state index is -0.877. The van der Waals surface area contributed by atoms with E-state index in [-0.39, 0.29) is 17.9 Å². The minimum Gasteiger partial charge on any atom is -0.506 e. The topological polar surface area (TPSA) is 76.7 Å². The van der Waals surface area contributed by atoms with Crippen LogP contribution in [0.4, 0.5) is 0 Å². The molecule has 2 aromatic carbocycles. The summed E-state index contributed by atoms with van der Waals surface area (Å²) in [5, 5.41) is 10.5. The number of ketones is 1. The lowest BCUT2D eigenvalue weighted by atomic mass is 10.1. The van der Waals surface area contributed by atoms with Gasteiger partial charge in [-0.1, -0.05) is 30.3 Å². The number of aromatic hydroxyl groups is 1. The molecule has 5 heteroatoms. The first-order valence-electron chi connectivity index (χ1n) is 6.62. The average molecular weight is 296 g/mol. The second kappa shape index (κ2) is 5.73. The van der Waals surface area contributed by atoms with Gasteiger partial charge >= 0.3 is 5.63 Å². The number of benzene rings is 2. The number of fused-ring (bicyclic) bond motifs is 1. The fourth-order valence-electron chi connectivity index (χ4n) is 2.12. The molecule has 0 spiro atoms. The van der Waals surface area contributed by atoms with Crippen molar-refractivity contribution in [3.63, 3.8) is 0 Å². The number of rotatable bonds is 4. The Kier molecular flexibility index (Phi) is 3.62. The molecule has 1 N–H and O–H groups in total. The molecule has 0 aliphatic rings. The molecule has 22 heavy (non-hydrogen) atoms. The quantitative estimate of drug-likeness (QED) is 0.591. The predicted molar refractivity (Wildman–Crippen MR) is 80.4 cm³/mol. The summed E-state index contributed by atoms with van der Waals surface area (Å²) in [7, 11) is 0. The van der Waals surface area contributed by atoms with Crippen molar-refractivity contribution in [3.05, 3.63) is 70.6 Å². The molecule has 5 nitrogen and oxygen atoms in total. The first kappa shape index (κ1) is 13.9. The summed E-state index contributed by atoms with van der Waals surface area (Å²) in [5.74, 6) is -0.519. The lowest BCUT2D eigenvalue weighted by molar-refractivity contribution is 0.0915. The van der Waals surface area contributed by atoms with Crippen molar-refractivity contribution < 1.29 is 19.1 Å². The molecule has 0 radical (unpaired) electrons. The first-order chi connectivity index (χ1) is 10.7. The van der Waals surface area contributed by atoms with Crippen LogP contribution in [0.2, 0.25) is 0 Å². The predicted octanol–water partition coefficient (Wildman–Crippen LogP) is 2.76. The van der Waals surface area contributed by atoms with Gasteiger partial charge in [0.25, 0.3) is 0 Å². The molecular weight excluding hydrogens is 284 g/mol. The highest BCUT2D eigenvalue weighted by molar-refractivity contribution is 6.03. The van der Waals surface area contributed by atoms with Crippen molar-refractivity contribution in [2.45, 2.75) is 0 Å². The van der Waals surface area contributed by atoms with Gasteiger partial charge in [0.1, 0.15) is 22.6 Å². The number of carbonyl (C=O) groups is 1. The molecule has 1 aromatic heterocycles. The summed E-state index contributed by atoms with van der Waals surface area (Å²) in [6.07, 6.45) is 0. The molecule has 3 rings (SSSR count). The summed E-state index contributed by atoms with van der Waals surface area (Å²) in [4.78, 5) is 24.1. The van der Waals surface area contributed by atoms with E-state index in [0.717, 1.165) is 0 Å². The maximum Gasteiger partial charge on any atom is 0.351 e. The summed E-state index contributed by atoms with van der Waals surface area (Å²) in [6.45, 7) is -0.360. The Bertz CT molecular complexity index is 880. The van der Waals surface area contributed by atoms with Gasteiger partial charge in [-0.2, -0.15) is 0 Å². The normalized spacial score (nSPS) is 10.5.